The van der Waals surface area contributed by atoms with Gasteiger partial charge in [-0.2, -0.15) is 0 Å². The van der Waals surface area contributed by atoms with Gasteiger partial charge in [-0.25, -0.2) is 0 Å². The van der Waals surface area contributed by atoms with Crippen LogP contribution in [0.25, 0.3) is 5.57 Å². The summed E-state index contributed by atoms with van der Waals surface area (Å²) in [6.07, 6.45) is 5.05. The lowest BCUT2D eigenvalue weighted by Gasteiger charge is -2.16. The molecule has 2 rings (SSSR count). The molecule has 0 saturated carbocycles. The van der Waals surface area contributed by atoms with E-state index < -0.39 is 0 Å². The van der Waals surface area contributed by atoms with Crippen molar-refractivity contribution in [2.24, 2.45) is 0 Å². The van der Waals surface area contributed by atoms with E-state index in [1.165, 1.54) is 22.3 Å². The van der Waals surface area contributed by atoms with Gasteiger partial charge in [0.05, 0.1) is 13.2 Å². The van der Waals surface area contributed by atoms with Gasteiger partial charge in [-0.15, -0.1) is 0 Å². The van der Waals surface area contributed by atoms with Crippen LogP contribution in [0.4, 0.5) is 0 Å². The van der Waals surface area contributed by atoms with Crippen molar-refractivity contribution >= 4 is 5.57 Å². The van der Waals surface area contributed by atoms with Gasteiger partial charge in [-0.1, -0.05) is 18.7 Å². The molecule has 1 aliphatic heterocycles. The molecule has 2 nitrogen and oxygen atoms in total. The topological polar surface area (TPSA) is 18.5 Å². The molecule has 1 heterocycles. The Morgan fingerprint density at radius 2 is 2.05 bits per heavy atom. The number of ether oxygens (including phenoxy) is 2. The van der Waals surface area contributed by atoms with E-state index in [1.807, 2.05) is 12.2 Å². The molecule has 1 aromatic carbocycles. The average Bonchev–Trinajstić information content (AvgIpc) is 2.81. The first kappa shape index (κ1) is 13.9. The summed E-state index contributed by atoms with van der Waals surface area (Å²) in [7, 11) is 0. The first-order valence-corrected chi connectivity index (χ1v) is 6.77. The average molecular weight is 258 g/mol. The molecule has 0 bridgehead atoms. The highest BCUT2D eigenvalue weighted by Gasteiger charge is 2.18. The predicted molar refractivity (Wildman–Crippen MR) is 79.6 cm³/mol. The molecule has 0 aromatic heterocycles. The van der Waals surface area contributed by atoms with Crippen molar-refractivity contribution in [1.29, 1.82) is 0 Å². The third-order valence-corrected chi connectivity index (χ3v) is 3.46. The zero-order chi connectivity index (χ0) is 13.8. The Labute approximate surface area is 115 Å². The second kappa shape index (κ2) is 6.07. The molecule has 0 N–H and O–H groups in total. The summed E-state index contributed by atoms with van der Waals surface area (Å²) in [5, 5.41) is 0. The van der Waals surface area contributed by atoms with Crippen molar-refractivity contribution in [2.45, 2.75) is 33.3 Å². The molecular formula is C17H22O2. The third kappa shape index (κ3) is 3.27. The van der Waals surface area contributed by atoms with Crippen LogP contribution in [0.2, 0.25) is 0 Å². The van der Waals surface area contributed by atoms with E-state index >= 15 is 0 Å². The number of allylic oxidation sites excluding steroid dienone is 3. The minimum atomic E-state index is 0.203. The summed E-state index contributed by atoms with van der Waals surface area (Å²) in [6.45, 7) is 11.6. The molecule has 0 radical (unpaired) electrons. The van der Waals surface area contributed by atoms with Crippen LogP contribution in [0, 0.1) is 13.8 Å². The van der Waals surface area contributed by atoms with Crippen LogP contribution in [0.5, 0.6) is 5.75 Å². The van der Waals surface area contributed by atoms with Gasteiger partial charge >= 0.3 is 0 Å². The highest BCUT2D eigenvalue weighted by atomic mass is 16.5. The Bertz CT molecular complexity index is 471. The van der Waals surface area contributed by atoms with Crippen LogP contribution < -0.4 is 4.74 Å². The van der Waals surface area contributed by atoms with Crippen molar-refractivity contribution in [1.82, 2.24) is 0 Å². The Kier molecular flexibility index (Phi) is 4.43. The molecule has 0 amide bonds. The van der Waals surface area contributed by atoms with Gasteiger partial charge in [0.25, 0.3) is 0 Å². The highest BCUT2D eigenvalue weighted by Crippen LogP contribution is 2.28. The van der Waals surface area contributed by atoms with Gasteiger partial charge in [0.15, 0.2) is 0 Å². The zero-order valence-electron chi connectivity index (χ0n) is 12.0. The largest absolute Gasteiger partial charge is 0.488 e. The molecule has 0 unspecified atom stereocenters. The Morgan fingerprint density at radius 1 is 1.37 bits per heavy atom. The quantitative estimate of drug-likeness (QED) is 0.758. The van der Waals surface area contributed by atoms with E-state index in [4.69, 9.17) is 9.47 Å². The molecule has 1 saturated heterocycles. The molecule has 1 atom stereocenters. The lowest BCUT2D eigenvalue weighted by Crippen LogP contribution is -2.16. The summed E-state index contributed by atoms with van der Waals surface area (Å²) in [4.78, 5) is 0. The van der Waals surface area contributed by atoms with Gasteiger partial charge in [0.2, 0.25) is 0 Å². The maximum atomic E-state index is 5.97. The van der Waals surface area contributed by atoms with E-state index in [2.05, 4.69) is 39.5 Å². The van der Waals surface area contributed by atoms with E-state index in [0.29, 0.717) is 6.61 Å². The van der Waals surface area contributed by atoms with Crippen molar-refractivity contribution in [3.8, 4) is 5.75 Å². The fourth-order valence-electron chi connectivity index (χ4n) is 2.67. The number of benzene rings is 1. The van der Waals surface area contributed by atoms with Crippen molar-refractivity contribution in [3.05, 3.63) is 47.6 Å². The van der Waals surface area contributed by atoms with Gasteiger partial charge < -0.3 is 9.47 Å². The lowest BCUT2D eigenvalue weighted by molar-refractivity contribution is 0.141. The second-order valence-corrected chi connectivity index (χ2v) is 5.12. The first-order valence-electron chi connectivity index (χ1n) is 6.77. The van der Waals surface area contributed by atoms with Crippen molar-refractivity contribution in [2.75, 3.05) is 13.2 Å². The molecule has 19 heavy (non-hydrogen) atoms. The molecule has 102 valence electrons. The molecule has 1 aliphatic rings. The van der Waals surface area contributed by atoms with Crippen LogP contribution in [-0.2, 0) is 4.74 Å². The number of hydrogen-bond donors (Lipinski definition) is 0. The fourth-order valence-corrected chi connectivity index (χ4v) is 2.67. The second-order valence-electron chi connectivity index (χ2n) is 5.12. The van der Waals surface area contributed by atoms with Crippen molar-refractivity contribution in [3.63, 3.8) is 0 Å². The maximum Gasteiger partial charge on any atom is 0.124 e. The van der Waals surface area contributed by atoms with Gasteiger partial charge in [-0.3, -0.25) is 0 Å². The molecule has 1 aromatic rings. The van der Waals surface area contributed by atoms with Crippen LogP contribution in [0.15, 0.2) is 30.9 Å². The third-order valence-electron chi connectivity index (χ3n) is 3.46. The predicted octanol–water partition coefficient (Wildman–Crippen LogP) is 4.06. The van der Waals surface area contributed by atoms with Gasteiger partial charge in [0, 0.05) is 6.42 Å². The van der Waals surface area contributed by atoms with Crippen LogP contribution >= 0.6 is 0 Å². The summed E-state index contributed by atoms with van der Waals surface area (Å²) in [6, 6.07) is 4.22. The lowest BCUT2D eigenvalue weighted by atomic mass is 9.96. The van der Waals surface area contributed by atoms with Crippen molar-refractivity contribution < 1.29 is 9.47 Å². The van der Waals surface area contributed by atoms with E-state index in [-0.39, 0.29) is 6.10 Å². The maximum absolute atomic E-state index is 5.97. The first-order chi connectivity index (χ1) is 9.11. The normalized spacial score (nSPS) is 19.5. The summed E-state index contributed by atoms with van der Waals surface area (Å²) in [5.41, 5.74) is 5.00. The fraction of sp³-hybridized carbons (Fsp3) is 0.412. The minimum absolute atomic E-state index is 0.203. The Morgan fingerprint density at radius 3 is 2.58 bits per heavy atom. The Balaban J connectivity index is 2.25. The van der Waals surface area contributed by atoms with E-state index in [0.717, 1.165) is 18.8 Å². The number of hydrogen-bond acceptors (Lipinski definition) is 2. The van der Waals surface area contributed by atoms with E-state index in [1.54, 1.807) is 0 Å². The number of rotatable bonds is 4. The molecule has 0 aliphatic carbocycles. The molecule has 0 spiro atoms. The van der Waals surface area contributed by atoms with Gasteiger partial charge in [0.1, 0.15) is 11.9 Å². The summed E-state index contributed by atoms with van der Waals surface area (Å²) < 4.78 is 11.3. The smallest absolute Gasteiger partial charge is 0.124 e. The van der Waals surface area contributed by atoms with Crippen LogP contribution in [0.3, 0.4) is 0 Å². The van der Waals surface area contributed by atoms with Crippen LogP contribution in [-0.4, -0.2) is 19.3 Å². The highest BCUT2D eigenvalue weighted by molar-refractivity contribution is 5.71. The zero-order valence-corrected chi connectivity index (χ0v) is 12.0. The van der Waals surface area contributed by atoms with E-state index in [9.17, 15) is 0 Å². The SMILES string of the molecule is C=C/C=C(\C)c1c(C)cc(O[C@@H]2CCOC2)cc1C. The van der Waals surface area contributed by atoms with Gasteiger partial charge in [-0.05, 0) is 55.2 Å². The van der Waals surface area contributed by atoms with Crippen LogP contribution in [0.1, 0.15) is 30.0 Å². The molecule has 2 heteroatoms. The monoisotopic (exact) mass is 258 g/mol. The molecule has 1 fully saturated rings. The molecular weight excluding hydrogens is 236 g/mol. The standard InChI is InChI=1S/C17H22O2/c1-5-6-12(2)17-13(3)9-16(10-14(17)4)19-15-7-8-18-11-15/h5-6,9-10,15H,1,7-8,11H2,2-4H3/b12-6+/t15-/m1/s1. The minimum Gasteiger partial charge on any atom is -0.488 e. The number of aryl methyl sites for hydroxylation is 2. The Hall–Kier alpha value is -1.54. The summed E-state index contributed by atoms with van der Waals surface area (Å²) in [5.74, 6) is 0.945. The summed E-state index contributed by atoms with van der Waals surface area (Å²) >= 11 is 0.